The van der Waals surface area contributed by atoms with Crippen LogP contribution in [-0.2, 0) is 4.74 Å². The number of ether oxygens (including phenoxy) is 1. The molecule has 2 aliphatic rings. The fourth-order valence-electron chi connectivity index (χ4n) is 3.58. The second kappa shape index (κ2) is 7.56. The number of hydrogen-bond donors (Lipinski definition) is 1. The lowest BCUT2D eigenvalue weighted by Crippen LogP contribution is -2.57. The van der Waals surface area contributed by atoms with E-state index in [0.29, 0.717) is 5.92 Å². The van der Waals surface area contributed by atoms with Gasteiger partial charge >= 0.3 is 6.09 Å². The summed E-state index contributed by atoms with van der Waals surface area (Å²) in [7, 11) is 0. The third kappa shape index (κ3) is 4.82. The Balaban J connectivity index is 1.86. The van der Waals surface area contributed by atoms with Crippen LogP contribution in [0.4, 0.5) is 9.18 Å². The average Bonchev–Trinajstić information content (AvgIpc) is 2.53. The van der Waals surface area contributed by atoms with Crippen LogP contribution in [0, 0.1) is 5.92 Å². The van der Waals surface area contributed by atoms with Gasteiger partial charge in [0.2, 0.25) is 0 Å². The maximum absolute atomic E-state index is 15.2. The van der Waals surface area contributed by atoms with Gasteiger partial charge in [-0.05, 0) is 39.5 Å². The molecule has 2 fully saturated rings. The van der Waals surface area contributed by atoms with Gasteiger partial charge in [-0.1, -0.05) is 13.3 Å². The third-order valence-electron chi connectivity index (χ3n) is 5.28. The van der Waals surface area contributed by atoms with Crippen molar-refractivity contribution < 1.29 is 19.0 Å². The third-order valence-corrected chi connectivity index (χ3v) is 5.28. The number of nitrogens with zero attached hydrogens (tertiary/aromatic N) is 2. The van der Waals surface area contributed by atoms with Gasteiger partial charge in [0.1, 0.15) is 11.8 Å². The van der Waals surface area contributed by atoms with Gasteiger partial charge in [0.25, 0.3) is 0 Å². The minimum absolute atomic E-state index is 0.154. The topological polar surface area (TPSA) is 53.0 Å². The number of carbonyl (C=O) groups is 1. The fourth-order valence-corrected chi connectivity index (χ4v) is 3.58. The first-order valence-corrected chi connectivity index (χ1v) is 9.23. The van der Waals surface area contributed by atoms with Crippen LogP contribution >= 0.6 is 0 Å². The van der Waals surface area contributed by atoms with Crippen LogP contribution in [0.25, 0.3) is 0 Å². The van der Waals surface area contributed by atoms with E-state index in [1.54, 1.807) is 4.90 Å². The molecule has 24 heavy (non-hydrogen) atoms. The molecule has 2 saturated heterocycles. The first-order chi connectivity index (χ1) is 11.1. The van der Waals surface area contributed by atoms with Crippen molar-refractivity contribution in [2.24, 2.45) is 5.92 Å². The highest BCUT2D eigenvalue weighted by molar-refractivity contribution is 5.68. The van der Waals surface area contributed by atoms with E-state index >= 15 is 4.39 Å². The minimum atomic E-state index is -1.64. The Labute approximate surface area is 145 Å². The first kappa shape index (κ1) is 19.4. The van der Waals surface area contributed by atoms with E-state index in [-0.39, 0.29) is 25.9 Å². The van der Waals surface area contributed by atoms with Crippen LogP contribution in [0.1, 0.15) is 59.8 Å². The molecule has 1 atom stereocenters. The first-order valence-electron chi connectivity index (χ1n) is 9.23. The Kier molecular flexibility index (Phi) is 6.13. The highest BCUT2D eigenvalue weighted by atomic mass is 19.1. The predicted molar refractivity (Wildman–Crippen MR) is 91.5 cm³/mol. The van der Waals surface area contributed by atoms with Crippen molar-refractivity contribution in [3.63, 3.8) is 0 Å². The summed E-state index contributed by atoms with van der Waals surface area (Å²) in [5.41, 5.74) is -2.19. The summed E-state index contributed by atoms with van der Waals surface area (Å²) < 4.78 is 20.6. The molecule has 140 valence electrons. The summed E-state index contributed by atoms with van der Waals surface area (Å²) in [5, 5.41) is 10.5. The van der Waals surface area contributed by atoms with E-state index in [2.05, 4.69) is 6.92 Å². The summed E-state index contributed by atoms with van der Waals surface area (Å²) in [6, 6.07) is 0. The molecule has 0 aliphatic carbocycles. The van der Waals surface area contributed by atoms with E-state index in [0.717, 1.165) is 32.4 Å². The number of likely N-dealkylation sites (tertiary alicyclic amines) is 2. The minimum Gasteiger partial charge on any atom is -0.444 e. The van der Waals surface area contributed by atoms with Gasteiger partial charge in [0.05, 0.1) is 0 Å². The summed E-state index contributed by atoms with van der Waals surface area (Å²) in [4.78, 5) is 15.5. The van der Waals surface area contributed by atoms with Crippen molar-refractivity contribution in [2.45, 2.75) is 77.3 Å². The lowest BCUT2D eigenvalue weighted by Gasteiger charge is -2.44. The number of hydrogen-bond acceptors (Lipinski definition) is 4. The lowest BCUT2D eigenvalue weighted by molar-refractivity contribution is -0.136. The summed E-state index contributed by atoms with van der Waals surface area (Å²) in [6.07, 6.45) is 2.03. The van der Waals surface area contributed by atoms with Crippen molar-refractivity contribution in [2.75, 3.05) is 26.2 Å². The van der Waals surface area contributed by atoms with Crippen LogP contribution < -0.4 is 0 Å². The molecule has 0 spiro atoms. The summed E-state index contributed by atoms with van der Waals surface area (Å²) >= 11 is 0. The van der Waals surface area contributed by atoms with Crippen LogP contribution in [-0.4, -0.2) is 64.7 Å². The lowest BCUT2D eigenvalue weighted by atomic mass is 9.88. The van der Waals surface area contributed by atoms with Gasteiger partial charge in [0.15, 0.2) is 5.67 Å². The second-order valence-corrected chi connectivity index (χ2v) is 8.26. The van der Waals surface area contributed by atoms with E-state index < -0.39 is 23.6 Å². The predicted octanol–water partition coefficient (Wildman–Crippen LogP) is 3.17. The fraction of sp³-hybridized carbons (Fsp3) is 0.944. The molecule has 2 rings (SSSR count). The number of carbonyl (C=O) groups excluding carboxylic acids is 1. The normalized spacial score (nSPS) is 24.7. The number of piperidine rings is 2. The maximum atomic E-state index is 15.2. The highest BCUT2D eigenvalue weighted by Crippen LogP contribution is 2.34. The second-order valence-electron chi connectivity index (χ2n) is 8.26. The van der Waals surface area contributed by atoms with Crippen LogP contribution in [0.5, 0.6) is 0 Å². The molecule has 0 bridgehead atoms. The monoisotopic (exact) mass is 344 g/mol. The highest BCUT2D eigenvalue weighted by Gasteiger charge is 2.45. The number of alkyl halides is 1. The molecule has 1 N–H and O–H groups in total. The largest absolute Gasteiger partial charge is 0.444 e. The molecule has 0 aromatic rings. The molecular formula is C18H33FN2O3. The van der Waals surface area contributed by atoms with E-state index in [1.807, 2.05) is 25.7 Å². The van der Waals surface area contributed by atoms with Crippen molar-refractivity contribution in [3.8, 4) is 0 Å². The van der Waals surface area contributed by atoms with Gasteiger partial charge in [0, 0.05) is 39.0 Å². The molecule has 2 aliphatic heterocycles. The molecule has 2 heterocycles. The van der Waals surface area contributed by atoms with Crippen molar-refractivity contribution in [3.05, 3.63) is 0 Å². The van der Waals surface area contributed by atoms with Crippen molar-refractivity contribution in [1.82, 2.24) is 9.80 Å². The smallest absolute Gasteiger partial charge is 0.410 e. The SMILES string of the molecule is CCC1CCN(C(O)C2(F)CCN(C(=O)OC(C)(C)C)CC2)CC1. The van der Waals surface area contributed by atoms with Crippen molar-refractivity contribution >= 4 is 6.09 Å². The number of halogens is 1. The Morgan fingerprint density at radius 1 is 1.25 bits per heavy atom. The maximum Gasteiger partial charge on any atom is 0.410 e. The molecular weight excluding hydrogens is 311 g/mol. The average molecular weight is 344 g/mol. The molecule has 0 aromatic heterocycles. The molecule has 1 amide bonds. The number of aliphatic hydroxyl groups is 1. The molecule has 5 nitrogen and oxygen atoms in total. The van der Waals surface area contributed by atoms with Gasteiger partial charge in [-0.3, -0.25) is 4.90 Å². The standard InChI is InChI=1S/C18H33FN2O3/c1-5-14-6-10-20(11-7-14)15(22)18(19)8-12-21(13-9-18)16(23)24-17(2,3)4/h14-15,22H,5-13H2,1-4H3. The molecule has 0 saturated carbocycles. The number of rotatable bonds is 3. The van der Waals surface area contributed by atoms with E-state index in [9.17, 15) is 9.90 Å². The van der Waals surface area contributed by atoms with E-state index in [4.69, 9.17) is 4.74 Å². The zero-order chi connectivity index (χ0) is 18.0. The van der Waals surface area contributed by atoms with Gasteiger partial charge in [-0.2, -0.15) is 0 Å². The molecule has 0 radical (unpaired) electrons. The van der Waals surface area contributed by atoms with E-state index in [1.165, 1.54) is 0 Å². The van der Waals surface area contributed by atoms with Gasteiger partial charge in [-0.25, -0.2) is 9.18 Å². The van der Waals surface area contributed by atoms with Crippen LogP contribution in [0.15, 0.2) is 0 Å². The zero-order valence-corrected chi connectivity index (χ0v) is 15.6. The Morgan fingerprint density at radius 3 is 2.25 bits per heavy atom. The quantitative estimate of drug-likeness (QED) is 0.854. The molecule has 6 heteroatoms. The van der Waals surface area contributed by atoms with Gasteiger partial charge < -0.3 is 14.7 Å². The zero-order valence-electron chi connectivity index (χ0n) is 15.6. The number of amides is 1. The summed E-state index contributed by atoms with van der Waals surface area (Å²) in [5.74, 6) is 0.693. The van der Waals surface area contributed by atoms with Crippen LogP contribution in [0.2, 0.25) is 0 Å². The van der Waals surface area contributed by atoms with Crippen molar-refractivity contribution in [1.29, 1.82) is 0 Å². The molecule has 0 aromatic carbocycles. The van der Waals surface area contributed by atoms with Crippen LogP contribution in [0.3, 0.4) is 0 Å². The van der Waals surface area contributed by atoms with Gasteiger partial charge in [-0.15, -0.1) is 0 Å². The Bertz CT molecular complexity index is 422. The summed E-state index contributed by atoms with van der Waals surface area (Å²) in [6.45, 7) is 9.71. The molecule has 1 unspecified atom stereocenters. The Hall–Kier alpha value is -0.880. The Morgan fingerprint density at radius 2 is 1.79 bits per heavy atom. The number of aliphatic hydroxyl groups excluding tert-OH is 1.